The third-order valence-electron chi connectivity index (χ3n) is 4.53. The molecular formula is C16H16N6O3. The van der Waals surface area contributed by atoms with Gasteiger partial charge in [-0.2, -0.15) is 10.1 Å². The van der Waals surface area contributed by atoms with Crippen molar-refractivity contribution < 1.29 is 9.45 Å². The highest BCUT2D eigenvalue weighted by molar-refractivity contribution is 5.76. The molecule has 128 valence electrons. The molecule has 1 aliphatic rings. The molecule has 25 heavy (non-hydrogen) atoms. The van der Waals surface area contributed by atoms with E-state index in [0.717, 1.165) is 24.8 Å². The van der Waals surface area contributed by atoms with Gasteiger partial charge < -0.3 is 10.3 Å². The topological polar surface area (TPSA) is 126 Å². The summed E-state index contributed by atoms with van der Waals surface area (Å²) in [5.41, 5.74) is 7.78. The lowest BCUT2D eigenvalue weighted by molar-refractivity contribution is -0.384. The minimum Gasteiger partial charge on any atom is -0.334 e. The molecule has 1 aromatic carbocycles. The highest BCUT2D eigenvalue weighted by atomic mass is 16.6. The van der Waals surface area contributed by atoms with E-state index in [1.54, 1.807) is 30.1 Å². The largest absolute Gasteiger partial charge is 0.334 e. The first-order valence-electron chi connectivity index (χ1n) is 7.88. The summed E-state index contributed by atoms with van der Waals surface area (Å²) in [4.78, 5) is 14.8. The van der Waals surface area contributed by atoms with Crippen molar-refractivity contribution >= 4 is 5.69 Å². The van der Waals surface area contributed by atoms with Crippen molar-refractivity contribution in [2.45, 2.75) is 24.8 Å². The van der Waals surface area contributed by atoms with Gasteiger partial charge in [0.2, 0.25) is 0 Å². The number of nitrogens with two attached hydrogens (primary N) is 1. The summed E-state index contributed by atoms with van der Waals surface area (Å²) in [5, 5.41) is 19.3. The molecule has 2 aromatic heterocycles. The maximum Gasteiger partial charge on any atom is 0.269 e. The van der Waals surface area contributed by atoms with Gasteiger partial charge in [0.1, 0.15) is 5.69 Å². The standard InChI is InChI=1S/C16H16N6O3/c1-21-9-12(14-18-15(20-25-14)16(17)7-2-8-16)13(19-21)10-3-5-11(6-4-10)22(23)24/h3-6,9H,2,7-8,17H2,1H3. The molecule has 0 aliphatic heterocycles. The second-order valence-electron chi connectivity index (χ2n) is 6.30. The monoisotopic (exact) mass is 340 g/mol. The molecule has 9 heteroatoms. The van der Waals surface area contributed by atoms with Crippen molar-refractivity contribution in [3.05, 3.63) is 46.4 Å². The van der Waals surface area contributed by atoms with E-state index in [-0.39, 0.29) is 5.69 Å². The molecule has 4 rings (SSSR count). The third kappa shape index (κ3) is 2.58. The normalized spacial score (nSPS) is 15.8. The summed E-state index contributed by atoms with van der Waals surface area (Å²) in [6.45, 7) is 0. The fraction of sp³-hybridized carbons (Fsp3) is 0.312. The molecule has 0 bridgehead atoms. The number of hydrogen-bond donors (Lipinski definition) is 1. The average molecular weight is 340 g/mol. The van der Waals surface area contributed by atoms with Crippen LogP contribution in [0.3, 0.4) is 0 Å². The number of aryl methyl sites for hydroxylation is 1. The zero-order valence-electron chi connectivity index (χ0n) is 13.5. The van der Waals surface area contributed by atoms with E-state index in [2.05, 4.69) is 15.2 Å². The van der Waals surface area contributed by atoms with Gasteiger partial charge in [-0.15, -0.1) is 0 Å². The number of non-ortho nitro benzene ring substituents is 1. The highest BCUT2D eigenvalue weighted by Crippen LogP contribution is 2.38. The predicted octanol–water partition coefficient (Wildman–Crippen LogP) is 2.38. The summed E-state index contributed by atoms with van der Waals surface area (Å²) < 4.78 is 7.04. The maximum atomic E-state index is 10.8. The van der Waals surface area contributed by atoms with Gasteiger partial charge in [-0.3, -0.25) is 14.8 Å². The quantitative estimate of drug-likeness (QED) is 0.570. The van der Waals surface area contributed by atoms with Crippen LogP contribution in [-0.4, -0.2) is 24.8 Å². The summed E-state index contributed by atoms with van der Waals surface area (Å²) in [6.07, 6.45) is 4.52. The molecule has 0 amide bonds. The van der Waals surface area contributed by atoms with E-state index in [1.807, 2.05) is 0 Å². The SMILES string of the molecule is Cn1cc(-c2nc(C3(N)CCC3)no2)c(-c2ccc([N+](=O)[O-])cc2)n1. The molecule has 2 heterocycles. The number of aromatic nitrogens is 4. The minimum atomic E-state index is -0.502. The van der Waals surface area contributed by atoms with Crippen LogP contribution in [0, 0.1) is 10.1 Å². The van der Waals surface area contributed by atoms with Crippen LogP contribution < -0.4 is 5.73 Å². The Morgan fingerprint density at radius 1 is 1.32 bits per heavy atom. The Bertz CT molecular complexity index is 939. The molecule has 2 N–H and O–H groups in total. The van der Waals surface area contributed by atoms with E-state index in [0.29, 0.717) is 23.0 Å². The smallest absolute Gasteiger partial charge is 0.269 e. The fourth-order valence-corrected chi connectivity index (χ4v) is 2.92. The molecule has 3 aromatic rings. The number of rotatable bonds is 4. The fourth-order valence-electron chi connectivity index (χ4n) is 2.92. The van der Waals surface area contributed by atoms with Gasteiger partial charge in [-0.1, -0.05) is 5.16 Å². The van der Waals surface area contributed by atoms with Gasteiger partial charge in [0.05, 0.1) is 16.0 Å². The van der Waals surface area contributed by atoms with Crippen LogP contribution in [0.4, 0.5) is 5.69 Å². The Hall–Kier alpha value is -3.07. The summed E-state index contributed by atoms with van der Waals surface area (Å²) in [7, 11) is 1.78. The summed E-state index contributed by atoms with van der Waals surface area (Å²) in [5.74, 6) is 0.848. The lowest BCUT2D eigenvalue weighted by Crippen LogP contribution is -2.44. The van der Waals surface area contributed by atoms with Crippen molar-refractivity contribution in [3.8, 4) is 22.7 Å². The van der Waals surface area contributed by atoms with Crippen molar-refractivity contribution in [1.82, 2.24) is 19.9 Å². The Balaban J connectivity index is 1.73. The Morgan fingerprint density at radius 3 is 2.64 bits per heavy atom. The van der Waals surface area contributed by atoms with Gasteiger partial charge >= 0.3 is 0 Å². The van der Waals surface area contributed by atoms with E-state index in [4.69, 9.17) is 10.3 Å². The number of benzene rings is 1. The van der Waals surface area contributed by atoms with Crippen LogP contribution in [0.2, 0.25) is 0 Å². The third-order valence-corrected chi connectivity index (χ3v) is 4.53. The first kappa shape index (κ1) is 15.5. The number of nitro groups is 1. The number of hydrogen-bond acceptors (Lipinski definition) is 7. The zero-order chi connectivity index (χ0) is 17.6. The first-order chi connectivity index (χ1) is 12.0. The molecule has 0 saturated heterocycles. The second kappa shape index (κ2) is 5.49. The lowest BCUT2D eigenvalue weighted by atomic mass is 9.77. The molecule has 0 atom stereocenters. The predicted molar refractivity (Wildman–Crippen MR) is 88.3 cm³/mol. The van der Waals surface area contributed by atoms with Crippen molar-refractivity contribution in [2.75, 3.05) is 0 Å². The maximum absolute atomic E-state index is 10.8. The van der Waals surface area contributed by atoms with Crippen LogP contribution in [0.25, 0.3) is 22.7 Å². The highest BCUT2D eigenvalue weighted by Gasteiger charge is 2.39. The van der Waals surface area contributed by atoms with Crippen LogP contribution in [0.15, 0.2) is 35.0 Å². The van der Waals surface area contributed by atoms with Crippen molar-refractivity contribution in [3.63, 3.8) is 0 Å². The Kier molecular flexibility index (Phi) is 3.39. The molecule has 9 nitrogen and oxygen atoms in total. The molecule has 0 radical (unpaired) electrons. The molecular weight excluding hydrogens is 324 g/mol. The second-order valence-corrected chi connectivity index (χ2v) is 6.30. The van der Waals surface area contributed by atoms with Gasteiger partial charge in [0, 0.05) is 30.9 Å². The van der Waals surface area contributed by atoms with E-state index in [1.165, 1.54) is 12.1 Å². The minimum absolute atomic E-state index is 0.0244. The van der Waals surface area contributed by atoms with Gasteiger partial charge in [0.15, 0.2) is 5.82 Å². The molecule has 0 unspecified atom stereocenters. The van der Waals surface area contributed by atoms with Crippen LogP contribution in [0.5, 0.6) is 0 Å². The zero-order valence-corrected chi connectivity index (χ0v) is 13.5. The van der Waals surface area contributed by atoms with Gasteiger partial charge in [0.25, 0.3) is 11.6 Å². The number of nitrogens with zero attached hydrogens (tertiary/aromatic N) is 5. The first-order valence-corrected chi connectivity index (χ1v) is 7.88. The Labute approximate surface area is 142 Å². The van der Waals surface area contributed by atoms with Crippen LogP contribution >= 0.6 is 0 Å². The van der Waals surface area contributed by atoms with Crippen molar-refractivity contribution in [1.29, 1.82) is 0 Å². The van der Waals surface area contributed by atoms with E-state index >= 15 is 0 Å². The number of nitro benzene ring substituents is 1. The summed E-state index contributed by atoms with van der Waals surface area (Å²) >= 11 is 0. The van der Waals surface area contributed by atoms with E-state index in [9.17, 15) is 10.1 Å². The van der Waals surface area contributed by atoms with Gasteiger partial charge in [-0.25, -0.2) is 0 Å². The average Bonchev–Trinajstić information content (AvgIpc) is 3.19. The molecule has 1 aliphatic carbocycles. The van der Waals surface area contributed by atoms with E-state index < -0.39 is 10.5 Å². The Morgan fingerprint density at radius 2 is 2.04 bits per heavy atom. The molecule has 1 fully saturated rings. The van der Waals surface area contributed by atoms with Gasteiger partial charge in [-0.05, 0) is 31.4 Å². The molecule has 1 saturated carbocycles. The van der Waals surface area contributed by atoms with Crippen LogP contribution in [-0.2, 0) is 12.6 Å². The van der Waals surface area contributed by atoms with Crippen LogP contribution in [0.1, 0.15) is 25.1 Å². The van der Waals surface area contributed by atoms with Crippen molar-refractivity contribution in [2.24, 2.45) is 12.8 Å². The summed E-state index contributed by atoms with van der Waals surface area (Å²) in [6, 6.07) is 6.18. The molecule has 0 spiro atoms. The lowest BCUT2D eigenvalue weighted by Gasteiger charge is -2.34.